The smallest absolute Gasteiger partial charge is 0.161 e. The lowest BCUT2D eigenvalue weighted by Crippen LogP contribution is -2.04. The van der Waals surface area contributed by atoms with E-state index in [1.807, 2.05) is 12.1 Å². The maximum atomic E-state index is 13.8. The molecule has 116 valence electrons. The summed E-state index contributed by atoms with van der Waals surface area (Å²) in [5, 5.41) is 2.99. The van der Waals surface area contributed by atoms with Crippen LogP contribution in [-0.4, -0.2) is 20.0 Å². The van der Waals surface area contributed by atoms with Crippen molar-refractivity contribution in [2.75, 3.05) is 19.5 Å². The van der Waals surface area contributed by atoms with Crippen LogP contribution in [0.3, 0.4) is 0 Å². The van der Waals surface area contributed by atoms with Crippen molar-refractivity contribution in [3.63, 3.8) is 0 Å². The highest BCUT2D eigenvalue weighted by molar-refractivity contribution is 5.94. The molecular weight excluding hydrogens is 285 g/mol. The number of hydrogen-bond donors (Lipinski definition) is 1. The Morgan fingerprint density at radius 2 is 1.82 bits per heavy atom. The van der Waals surface area contributed by atoms with Crippen molar-refractivity contribution in [2.45, 2.75) is 13.5 Å². The van der Waals surface area contributed by atoms with Gasteiger partial charge in [-0.25, -0.2) is 4.39 Å². The summed E-state index contributed by atoms with van der Waals surface area (Å²) in [6.45, 7) is 1.85. The second-order valence-electron chi connectivity index (χ2n) is 4.79. The van der Waals surface area contributed by atoms with E-state index in [1.54, 1.807) is 20.3 Å². The van der Waals surface area contributed by atoms with E-state index >= 15 is 0 Å². The van der Waals surface area contributed by atoms with Crippen LogP contribution in [0.4, 0.5) is 10.1 Å². The second kappa shape index (κ2) is 6.93. The largest absolute Gasteiger partial charge is 0.493 e. The van der Waals surface area contributed by atoms with Gasteiger partial charge < -0.3 is 14.8 Å². The predicted octanol–water partition coefficient (Wildman–Crippen LogP) is 3.66. The number of ketones is 1. The lowest BCUT2D eigenvalue weighted by atomic mass is 10.1. The number of rotatable bonds is 6. The normalized spacial score (nSPS) is 10.2. The molecule has 0 fully saturated rings. The number of anilines is 1. The zero-order chi connectivity index (χ0) is 16.1. The van der Waals surface area contributed by atoms with Crippen LogP contribution in [0.25, 0.3) is 0 Å². The van der Waals surface area contributed by atoms with Crippen molar-refractivity contribution >= 4 is 11.5 Å². The highest BCUT2D eigenvalue weighted by Crippen LogP contribution is 2.28. The monoisotopic (exact) mass is 303 g/mol. The molecule has 2 aromatic carbocycles. The molecule has 0 aliphatic rings. The molecule has 4 nitrogen and oxygen atoms in total. The van der Waals surface area contributed by atoms with Gasteiger partial charge in [0.1, 0.15) is 5.82 Å². The molecule has 0 heterocycles. The third-order valence-corrected chi connectivity index (χ3v) is 3.30. The quantitative estimate of drug-likeness (QED) is 0.827. The first kappa shape index (κ1) is 15.8. The Labute approximate surface area is 128 Å². The Morgan fingerprint density at radius 3 is 2.45 bits per heavy atom. The highest BCUT2D eigenvalue weighted by atomic mass is 19.1. The maximum absolute atomic E-state index is 13.8. The van der Waals surface area contributed by atoms with Gasteiger partial charge in [0.05, 0.1) is 19.9 Å². The van der Waals surface area contributed by atoms with Crippen molar-refractivity contribution in [1.82, 2.24) is 0 Å². The Bertz CT molecular complexity index is 686. The Hall–Kier alpha value is -2.56. The van der Waals surface area contributed by atoms with Gasteiger partial charge in [0, 0.05) is 12.1 Å². The standard InChI is InChI=1S/C17H18FNO3/c1-11(20)13-5-6-14(18)15(9-13)19-10-12-4-7-16(21-2)17(8-12)22-3/h4-9,19H,10H2,1-3H3. The molecule has 2 aromatic rings. The van der Waals surface area contributed by atoms with Crippen LogP contribution in [0.2, 0.25) is 0 Å². The van der Waals surface area contributed by atoms with Gasteiger partial charge in [0.15, 0.2) is 17.3 Å². The number of Topliss-reactive ketones (excluding diaryl/α,β-unsaturated/α-hetero) is 1. The Balaban J connectivity index is 2.16. The lowest BCUT2D eigenvalue weighted by Gasteiger charge is -2.12. The second-order valence-corrected chi connectivity index (χ2v) is 4.79. The van der Waals surface area contributed by atoms with Crippen molar-refractivity contribution in [3.8, 4) is 11.5 Å². The average Bonchev–Trinajstić information content (AvgIpc) is 2.53. The van der Waals surface area contributed by atoms with Crippen molar-refractivity contribution < 1.29 is 18.7 Å². The summed E-state index contributed by atoms with van der Waals surface area (Å²) in [5.41, 5.74) is 1.67. The summed E-state index contributed by atoms with van der Waals surface area (Å²) in [5.74, 6) is 0.746. The van der Waals surface area contributed by atoms with E-state index in [2.05, 4.69) is 5.32 Å². The van der Waals surface area contributed by atoms with Crippen LogP contribution < -0.4 is 14.8 Å². The molecule has 0 aliphatic heterocycles. The van der Waals surface area contributed by atoms with Crippen molar-refractivity contribution in [2.24, 2.45) is 0 Å². The molecule has 0 unspecified atom stereocenters. The molecule has 0 radical (unpaired) electrons. The van der Waals surface area contributed by atoms with Gasteiger partial charge >= 0.3 is 0 Å². The van der Waals surface area contributed by atoms with Gasteiger partial charge in [-0.1, -0.05) is 6.07 Å². The number of halogens is 1. The van der Waals surface area contributed by atoms with E-state index in [4.69, 9.17) is 9.47 Å². The Kier molecular flexibility index (Phi) is 4.99. The third-order valence-electron chi connectivity index (χ3n) is 3.30. The topological polar surface area (TPSA) is 47.6 Å². The minimum Gasteiger partial charge on any atom is -0.493 e. The van der Waals surface area contributed by atoms with E-state index in [0.717, 1.165) is 5.56 Å². The minimum atomic E-state index is -0.398. The van der Waals surface area contributed by atoms with Gasteiger partial charge in [0.2, 0.25) is 0 Å². The average molecular weight is 303 g/mol. The molecule has 0 saturated carbocycles. The highest BCUT2D eigenvalue weighted by Gasteiger charge is 2.08. The van der Waals surface area contributed by atoms with Gasteiger partial charge in [-0.15, -0.1) is 0 Å². The molecule has 0 amide bonds. The molecule has 0 spiro atoms. The molecule has 0 saturated heterocycles. The predicted molar refractivity (Wildman–Crippen MR) is 83.3 cm³/mol. The number of carbonyl (C=O) groups is 1. The number of ether oxygens (including phenoxy) is 2. The van der Waals surface area contributed by atoms with Gasteiger partial charge in [-0.05, 0) is 42.8 Å². The number of methoxy groups -OCH3 is 2. The lowest BCUT2D eigenvalue weighted by molar-refractivity contribution is 0.101. The first-order valence-corrected chi connectivity index (χ1v) is 6.80. The van der Waals surface area contributed by atoms with Crippen LogP contribution in [0.1, 0.15) is 22.8 Å². The fraction of sp³-hybridized carbons (Fsp3) is 0.235. The molecule has 1 N–H and O–H groups in total. The van der Waals surface area contributed by atoms with Gasteiger partial charge in [-0.2, -0.15) is 0 Å². The number of benzene rings is 2. The van der Waals surface area contributed by atoms with E-state index < -0.39 is 5.82 Å². The van der Waals surface area contributed by atoms with Gasteiger partial charge in [0.25, 0.3) is 0 Å². The SMILES string of the molecule is COc1ccc(CNc2cc(C(C)=O)ccc2F)cc1OC. The first-order valence-electron chi connectivity index (χ1n) is 6.80. The van der Waals surface area contributed by atoms with E-state index in [9.17, 15) is 9.18 Å². The minimum absolute atomic E-state index is 0.103. The maximum Gasteiger partial charge on any atom is 0.161 e. The van der Waals surface area contributed by atoms with Crippen LogP contribution in [-0.2, 0) is 6.54 Å². The number of hydrogen-bond acceptors (Lipinski definition) is 4. The summed E-state index contributed by atoms with van der Waals surface area (Å²) < 4.78 is 24.2. The van der Waals surface area contributed by atoms with Gasteiger partial charge in [-0.3, -0.25) is 4.79 Å². The molecule has 5 heteroatoms. The molecule has 0 aliphatic carbocycles. The van der Waals surface area contributed by atoms with Crippen LogP contribution in [0.5, 0.6) is 11.5 Å². The summed E-state index contributed by atoms with van der Waals surface area (Å²) >= 11 is 0. The van der Waals surface area contributed by atoms with Crippen molar-refractivity contribution in [1.29, 1.82) is 0 Å². The zero-order valence-corrected chi connectivity index (χ0v) is 12.8. The molecular formula is C17H18FNO3. The van der Waals surface area contributed by atoms with Crippen LogP contribution in [0, 0.1) is 5.82 Å². The summed E-state index contributed by atoms with van der Waals surface area (Å²) in [7, 11) is 3.13. The van der Waals surface area contributed by atoms with E-state index in [-0.39, 0.29) is 5.78 Å². The molecule has 0 aromatic heterocycles. The van der Waals surface area contributed by atoms with Crippen molar-refractivity contribution in [3.05, 3.63) is 53.3 Å². The number of nitrogens with one attached hydrogen (secondary N) is 1. The van der Waals surface area contributed by atoms with E-state index in [0.29, 0.717) is 29.3 Å². The molecule has 0 bridgehead atoms. The fourth-order valence-corrected chi connectivity index (χ4v) is 2.07. The first-order chi connectivity index (χ1) is 10.5. The van der Waals surface area contributed by atoms with Crippen LogP contribution >= 0.6 is 0 Å². The summed E-state index contributed by atoms with van der Waals surface area (Å²) in [6.07, 6.45) is 0. The zero-order valence-electron chi connectivity index (χ0n) is 12.8. The Morgan fingerprint density at radius 1 is 1.09 bits per heavy atom. The molecule has 2 rings (SSSR count). The molecule has 22 heavy (non-hydrogen) atoms. The molecule has 0 atom stereocenters. The van der Waals surface area contributed by atoms with E-state index in [1.165, 1.54) is 25.1 Å². The summed E-state index contributed by atoms with van der Waals surface area (Å²) in [4.78, 5) is 11.4. The third kappa shape index (κ3) is 3.55. The fourth-order valence-electron chi connectivity index (χ4n) is 2.07. The number of carbonyl (C=O) groups excluding carboxylic acids is 1. The summed E-state index contributed by atoms with van der Waals surface area (Å²) in [6, 6.07) is 9.74. The van der Waals surface area contributed by atoms with Crippen LogP contribution in [0.15, 0.2) is 36.4 Å².